The first-order valence-electron chi connectivity index (χ1n) is 5.78. The molecule has 1 aliphatic heterocycles. The van der Waals surface area contributed by atoms with E-state index in [-0.39, 0.29) is 11.4 Å². The maximum Gasteiger partial charge on any atom is 0.161 e. The standard InChI is InChI=1S/C8H10N2O2/c9-7-1-2-10-3-8(7)12-6-4-11-5-6/h1-3,6H,4-5H2,(H2,9,10)/i4D2,5D2,6D. The second-order valence-corrected chi connectivity index (χ2v) is 2.15. The molecule has 2 rings (SSSR count). The van der Waals surface area contributed by atoms with Crippen molar-refractivity contribution in [3.8, 4) is 5.75 Å². The van der Waals surface area contributed by atoms with Gasteiger partial charge < -0.3 is 15.2 Å². The van der Waals surface area contributed by atoms with Crippen molar-refractivity contribution in [1.82, 2.24) is 4.98 Å². The van der Waals surface area contributed by atoms with Crippen molar-refractivity contribution in [3.05, 3.63) is 18.5 Å². The number of hydrogen-bond donors (Lipinski definition) is 1. The van der Waals surface area contributed by atoms with E-state index in [4.69, 9.17) is 17.3 Å². The Balaban J connectivity index is 2.32. The van der Waals surface area contributed by atoms with E-state index in [1.807, 2.05) is 0 Å². The lowest BCUT2D eigenvalue weighted by Gasteiger charge is -2.26. The van der Waals surface area contributed by atoms with Crippen LogP contribution in [0.25, 0.3) is 0 Å². The van der Waals surface area contributed by atoms with E-state index in [0.29, 0.717) is 0 Å². The second-order valence-electron chi connectivity index (χ2n) is 2.15. The Kier molecular flexibility index (Phi) is 0.899. The van der Waals surface area contributed by atoms with E-state index >= 15 is 0 Å². The maximum absolute atomic E-state index is 7.72. The average molecular weight is 171 g/mol. The van der Waals surface area contributed by atoms with Gasteiger partial charge in [-0.3, -0.25) is 4.98 Å². The van der Waals surface area contributed by atoms with Crippen LogP contribution in [0.5, 0.6) is 5.75 Å². The minimum atomic E-state index is -2.56. The summed E-state index contributed by atoms with van der Waals surface area (Å²) in [5.74, 6) is -0.0569. The van der Waals surface area contributed by atoms with Crippen molar-refractivity contribution in [1.29, 1.82) is 0 Å². The third kappa shape index (κ3) is 1.33. The summed E-state index contributed by atoms with van der Waals surface area (Å²) >= 11 is 0. The Labute approximate surface area is 77.3 Å². The van der Waals surface area contributed by atoms with Gasteiger partial charge in [0.1, 0.15) is 6.08 Å². The normalized spacial score (nSPS) is 34.2. The van der Waals surface area contributed by atoms with Gasteiger partial charge in [0.15, 0.2) is 5.75 Å². The van der Waals surface area contributed by atoms with Crippen LogP contribution in [0.1, 0.15) is 6.85 Å². The number of rotatable bonds is 2. The summed E-state index contributed by atoms with van der Waals surface area (Å²) in [4.78, 5) is 3.71. The number of hydrogen-bond acceptors (Lipinski definition) is 4. The number of nitrogens with zero attached hydrogens (tertiary/aromatic N) is 1. The third-order valence-electron chi connectivity index (χ3n) is 1.32. The van der Waals surface area contributed by atoms with Crippen LogP contribution in [0, 0.1) is 0 Å². The number of anilines is 1. The smallest absolute Gasteiger partial charge is 0.161 e. The summed E-state index contributed by atoms with van der Waals surface area (Å²) in [5.41, 5.74) is 5.69. The summed E-state index contributed by atoms with van der Waals surface area (Å²) in [7, 11) is 0. The van der Waals surface area contributed by atoms with Crippen LogP contribution in [-0.2, 0) is 4.74 Å². The minimum Gasteiger partial charge on any atom is -0.482 e. The molecule has 1 aromatic rings. The molecule has 0 radical (unpaired) electrons. The van der Waals surface area contributed by atoms with Gasteiger partial charge in [0.05, 0.1) is 31.9 Å². The van der Waals surface area contributed by atoms with Gasteiger partial charge in [-0.05, 0) is 6.07 Å². The van der Waals surface area contributed by atoms with Crippen molar-refractivity contribution in [3.63, 3.8) is 0 Å². The first-order chi connectivity index (χ1) is 7.70. The Bertz CT molecular complexity index is 439. The van der Waals surface area contributed by atoms with Gasteiger partial charge in [-0.2, -0.15) is 0 Å². The summed E-state index contributed by atoms with van der Waals surface area (Å²) in [5, 5.41) is 0. The maximum atomic E-state index is 7.72. The number of nitrogen functional groups attached to an aromatic ring is 1. The minimum absolute atomic E-state index is 0.0569. The number of nitrogens with two attached hydrogens (primary N) is 1. The number of pyridine rings is 1. The lowest BCUT2D eigenvalue weighted by atomic mass is 10.3. The quantitative estimate of drug-likeness (QED) is 0.701. The van der Waals surface area contributed by atoms with Crippen LogP contribution in [0.3, 0.4) is 0 Å². The van der Waals surface area contributed by atoms with Gasteiger partial charge in [-0.15, -0.1) is 0 Å². The zero-order chi connectivity index (χ0) is 12.9. The molecule has 0 unspecified atom stereocenters. The predicted octanol–water partition coefficient (Wildman–Crippen LogP) is 0.441. The van der Waals surface area contributed by atoms with E-state index in [1.54, 1.807) is 0 Å². The molecule has 1 aromatic heterocycles. The molecule has 0 aromatic carbocycles. The van der Waals surface area contributed by atoms with Crippen molar-refractivity contribution in [2.45, 2.75) is 6.08 Å². The van der Waals surface area contributed by atoms with Gasteiger partial charge in [-0.25, -0.2) is 0 Å². The van der Waals surface area contributed by atoms with Crippen molar-refractivity contribution in [2.24, 2.45) is 0 Å². The highest BCUT2D eigenvalue weighted by atomic mass is 16.6. The highest BCUT2D eigenvalue weighted by Crippen LogP contribution is 2.21. The van der Waals surface area contributed by atoms with Gasteiger partial charge in [0, 0.05) is 6.20 Å². The van der Waals surface area contributed by atoms with Gasteiger partial charge >= 0.3 is 0 Å². The number of aromatic nitrogens is 1. The van der Waals surface area contributed by atoms with Crippen molar-refractivity contribution >= 4 is 5.69 Å². The molecule has 0 amide bonds. The van der Waals surface area contributed by atoms with Crippen LogP contribution in [-0.4, -0.2) is 24.2 Å². The lowest BCUT2D eigenvalue weighted by molar-refractivity contribution is -0.0795. The first-order valence-corrected chi connectivity index (χ1v) is 3.28. The van der Waals surface area contributed by atoms with E-state index in [2.05, 4.69) is 9.72 Å². The van der Waals surface area contributed by atoms with Crippen molar-refractivity contribution < 1.29 is 16.3 Å². The molecule has 0 saturated carbocycles. The molecule has 4 nitrogen and oxygen atoms in total. The fourth-order valence-electron chi connectivity index (χ4n) is 0.720. The number of ether oxygens (including phenoxy) is 2. The molecule has 2 heterocycles. The average Bonchev–Trinajstić information content (AvgIpc) is 2.19. The summed E-state index contributed by atoms with van der Waals surface area (Å²) in [6.07, 6.45) is 0.0760. The monoisotopic (exact) mass is 171 g/mol. The molecular formula is C8H10N2O2. The summed E-state index contributed by atoms with van der Waals surface area (Å²) < 4.78 is 46.4. The first kappa shape index (κ1) is 3.62. The molecule has 12 heavy (non-hydrogen) atoms. The van der Waals surface area contributed by atoms with Crippen LogP contribution < -0.4 is 10.5 Å². The van der Waals surface area contributed by atoms with Crippen LogP contribution in [0.15, 0.2) is 18.5 Å². The third-order valence-corrected chi connectivity index (χ3v) is 1.32. The van der Waals surface area contributed by atoms with E-state index in [1.165, 1.54) is 18.5 Å². The summed E-state index contributed by atoms with van der Waals surface area (Å²) in [6.45, 7) is -5.11. The zero-order valence-electron chi connectivity index (χ0n) is 11.1. The zero-order valence-corrected chi connectivity index (χ0v) is 6.07. The molecule has 1 aliphatic rings. The second kappa shape index (κ2) is 2.98. The summed E-state index contributed by atoms with van der Waals surface area (Å²) in [6, 6.07) is 1.41. The predicted molar refractivity (Wildman–Crippen MR) is 43.9 cm³/mol. The van der Waals surface area contributed by atoms with Gasteiger partial charge in [0.2, 0.25) is 0 Å². The van der Waals surface area contributed by atoms with Gasteiger partial charge in [-0.1, -0.05) is 0 Å². The Morgan fingerprint density at radius 2 is 2.67 bits per heavy atom. The highest BCUT2D eigenvalue weighted by molar-refractivity contribution is 5.49. The molecule has 2 N–H and O–H groups in total. The molecular weight excluding hydrogens is 156 g/mol. The molecule has 1 saturated heterocycles. The largest absolute Gasteiger partial charge is 0.482 e. The fourth-order valence-corrected chi connectivity index (χ4v) is 0.720. The lowest BCUT2D eigenvalue weighted by Crippen LogP contribution is -2.38. The van der Waals surface area contributed by atoms with Crippen molar-refractivity contribution in [2.75, 3.05) is 18.9 Å². The molecule has 4 heteroatoms. The Morgan fingerprint density at radius 3 is 3.33 bits per heavy atom. The SMILES string of the molecule is [2H]C1([2H])OC([2H])([2H])C1([2H])Oc1cnccc1N. The fraction of sp³-hybridized carbons (Fsp3) is 0.375. The molecule has 0 bridgehead atoms. The molecule has 0 atom stereocenters. The van der Waals surface area contributed by atoms with E-state index in [9.17, 15) is 0 Å². The molecule has 0 aliphatic carbocycles. The Hall–Kier alpha value is -1.29. The van der Waals surface area contributed by atoms with Crippen LogP contribution in [0.2, 0.25) is 0 Å². The highest BCUT2D eigenvalue weighted by Gasteiger charge is 2.20. The van der Waals surface area contributed by atoms with Crippen LogP contribution >= 0.6 is 0 Å². The van der Waals surface area contributed by atoms with E-state index < -0.39 is 19.2 Å². The van der Waals surface area contributed by atoms with E-state index in [0.717, 1.165) is 0 Å². The van der Waals surface area contributed by atoms with Crippen LogP contribution in [0.4, 0.5) is 5.69 Å². The molecule has 0 spiro atoms. The Morgan fingerprint density at radius 1 is 1.83 bits per heavy atom. The topological polar surface area (TPSA) is 57.4 Å². The molecule has 1 fully saturated rings. The molecule has 64 valence electrons. The van der Waals surface area contributed by atoms with Gasteiger partial charge in [0.25, 0.3) is 0 Å².